The average Bonchev–Trinajstić information content (AvgIpc) is 2.62. The van der Waals surface area contributed by atoms with Gasteiger partial charge in [0.05, 0.1) is 5.92 Å². The second kappa shape index (κ2) is 5.40. The van der Waals surface area contributed by atoms with Crippen molar-refractivity contribution >= 4 is 6.29 Å². The van der Waals surface area contributed by atoms with Crippen LogP contribution >= 0.6 is 0 Å². The van der Waals surface area contributed by atoms with Gasteiger partial charge in [0.25, 0.3) is 5.92 Å². The van der Waals surface area contributed by atoms with Crippen LogP contribution in [-0.4, -0.2) is 27.9 Å². The third-order valence-corrected chi connectivity index (χ3v) is 3.50. The molecule has 1 saturated heterocycles. The van der Waals surface area contributed by atoms with Crippen molar-refractivity contribution in [2.75, 3.05) is 0 Å². The molecule has 0 aromatic carbocycles. The van der Waals surface area contributed by atoms with Crippen molar-refractivity contribution in [3.05, 3.63) is 28.4 Å². The molecule has 0 amide bonds. The monoisotopic (exact) mass is 286 g/mol. The number of halogens is 2. The Morgan fingerprint density at radius 3 is 2.75 bits per heavy atom. The molecule has 1 aliphatic rings. The van der Waals surface area contributed by atoms with E-state index in [1.807, 2.05) is 6.92 Å². The lowest BCUT2D eigenvalue weighted by Gasteiger charge is -2.21. The van der Waals surface area contributed by atoms with Gasteiger partial charge in [-0.3, -0.25) is 4.57 Å². The summed E-state index contributed by atoms with van der Waals surface area (Å²) in [5.41, 5.74) is -0.241. The Kier molecular flexibility index (Phi) is 3.99. The highest BCUT2D eigenvalue weighted by Crippen LogP contribution is 2.45. The van der Waals surface area contributed by atoms with Gasteiger partial charge in [0.15, 0.2) is 0 Å². The number of aldehydes is 1. The molecule has 2 heterocycles. The predicted octanol–water partition coefficient (Wildman–Crippen LogP) is 1.56. The normalized spacial score (nSPS) is 28.5. The van der Waals surface area contributed by atoms with E-state index in [4.69, 9.17) is 4.74 Å². The molecule has 5 nitrogen and oxygen atoms in total. The van der Waals surface area contributed by atoms with Gasteiger partial charge in [-0.1, -0.05) is 20.3 Å². The zero-order valence-electron chi connectivity index (χ0n) is 11.3. The summed E-state index contributed by atoms with van der Waals surface area (Å²) in [6.07, 6.45) is -0.0238. The maximum atomic E-state index is 14.1. The van der Waals surface area contributed by atoms with Crippen molar-refractivity contribution in [3.63, 3.8) is 0 Å². The fourth-order valence-electron chi connectivity index (χ4n) is 2.22. The molecule has 20 heavy (non-hydrogen) atoms. The molecule has 3 atom stereocenters. The van der Waals surface area contributed by atoms with Crippen molar-refractivity contribution in [1.82, 2.24) is 9.55 Å². The van der Waals surface area contributed by atoms with Gasteiger partial charge in [-0.05, 0) is 12.5 Å². The van der Waals surface area contributed by atoms with Gasteiger partial charge in [-0.15, -0.1) is 0 Å². The minimum atomic E-state index is -3.30. The molecule has 0 bridgehead atoms. The Morgan fingerprint density at radius 1 is 1.55 bits per heavy atom. The maximum absolute atomic E-state index is 14.1. The SMILES string of the molecule is CCCc1ccn(C2OC(C=O)C(C)C2(F)F)c(=O)n1. The molecule has 3 unspecified atom stereocenters. The number of aromatic nitrogens is 2. The van der Waals surface area contributed by atoms with Gasteiger partial charge in [0.1, 0.15) is 12.4 Å². The van der Waals surface area contributed by atoms with Crippen LogP contribution in [0, 0.1) is 5.92 Å². The van der Waals surface area contributed by atoms with E-state index in [0.717, 1.165) is 11.0 Å². The first-order valence-corrected chi connectivity index (χ1v) is 6.48. The molecule has 0 aliphatic carbocycles. The van der Waals surface area contributed by atoms with E-state index in [2.05, 4.69) is 4.98 Å². The fourth-order valence-corrected chi connectivity index (χ4v) is 2.22. The highest BCUT2D eigenvalue weighted by molar-refractivity contribution is 5.57. The minimum Gasteiger partial charge on any atom is -0.340 e. The summed E-state index contributed by atoms with van der Waals surface area (Å²) in [4.78, 5) is 26.3. The molecule has 0 saturated carbocycles. The molecular weight excluding hydrogens is 270 g/mol. The predicted molar refractivity (Wildman–Crippen MR) is 66.6 cm³/mol. The summed E-state index contributed by atoms with van der Waals surface area (Å²) < 4.78 is 33.9. The molecule has 1 aromatic heterocycles. The molecule has 1 aromatic rings. The summed E-state index contributed by atoms with van der Waals surface area (Å²) in [6.45, 7) is 3.15. The summed E-state index contributed by atoms with van der Waals surface area (Å²) >= 11 is 0. The van der Waals surface area contributed by atoms with E-state index in [1.54, 1.807) is 0 Å². The number of ether oxygens (including phenoxy) is 1. The first-order valence-electron chi connectivity index (χ1n) is 6.48. The number of aryl methyl sites for hydroxylation is 1. The zero-order chi connectivity index (χ0) is 14.9. The van der Waals surface area contributed by atoms with Crippen molar-refractivity contribution in [1.29, 1.82) is 0 Å². The van der Waals surface area contributed by atoms with Gasteiger partial charge in [-0.2, -0.15) is 4.98 Å². The van der Waals surface area contributed by atoms with Crippen LogP contribution in [0.25, 0.3) is 0 Å². The van der Waals surface area contributed by atoms with Gasteiger partial charge >= 0.3 is 5.69 Å². The first-order chi connectivity index (χ1) is 9.41. The summed E-state index contributed by atoms with van der Waals surface area (Å²) in [6, 6.07) is 1.52. The van der Waals surface area contributed by atoms with Crippen molar-refractivity contribution in [2.24, 2.45) is 5.92 Å². The molecule has 2 rings (SSSR count). The number of nitrogens with zero attached hydrogens (tertiary/aromatic N) is 2. The smallest absolute Gasteiger partial charge is 0.340 e. The van der Waals surface area contributed by atoms with Crippen LogP contribution in [0.5, 0.6) is 0 Å². The van der Waals surface area contributed by atoms with Crippen molar-refractivity contribution in [3.8, 4) is 0 Å². The molecule has 0 N–H and O–H groups in total. The summed E-state index contributed by atoms with van der Waals surface area (Å²) in [5, 5.41) is 0. The van der Waals surface area contributed by atoms with Crippen LogP contribution in [-0.2, 0) is 16.0 Å². The van der Waals surface area contributed by atoms with Crippen LogP contribution in [0.1, 0.15) is 32.2 Å². The highest BCUT2D eigenvalue weighted by Gasteiger charge is 2.57. The Labute approximate surface area is 114 Å². The third kappa shape index (κ3) is 2.37. The maximum Gasteiger partial charge on any atom is 0.350 e. The Bertz CT molecular complexity index is 559. The van der Waals surface area contributed by atoms with Crippen molar-refractivity contribution in [2.45, 2.75) is 44.9 Å². The third-order valence-electron chi connectivity index (χ3n) is 3.50. The van der Waals surface area contributed by atoms with E-state index < -0.39 is 29.9 Å². The summed E-state index contributed by atoms with van der Waals surface area (Å²) in [7, 11) is 0. The van der Waals surface area contributed by atoms with Gasteiger partial charge in [0, 0.05) is 11.9 Å². The molecule has 0 spiro atoms. The number of hydrogen-bond donors (Lipinski definition) is 0. The number of carbonyl (C=O) groups excluding carboxylic acids is 1. The first kappa shape index (κ1) is 14.8. The van der Waals surface area contributed by atoms with Gasteiger partial charge in [-0.25, -0.2) is 13.6 Å². The van der Waals surface area contributed by atoms with Crippen LogP contribution < -0.4 is 5.69 Å². The molecule has 1 aliphatic heterocycles. The minimum absolute atomic E-state index is 0.336. The second-order valence-corrected chi connectivity index (χ2v) is 4.91. The summed E-state index contributed by atoms with van der Waals surface area (Å²) in [5.74, 6) is -4.59. The number of hydrogen-bond acceptors (Lipinski definition) is 4. The molecule has 0 radical (unpaired) electrons. The molecular formula is C13H16F2N2O3. The number of alkyl halides is 2. The average molecular weight is 286 g/mol. The highest BCUT2D eigenvalue weighted by atomic mass is 19.3. The van der Waals surface area contributed by atoms with Gasteiger partial charge in [0.2, 0.25) is 6.23 Å². The number of rotatable bonds is 4. The zero-order valence-corrected chi connectivity index (χ0v) is 11.3. The molecule has 110 valence electrons. The Balaban J connectivity index is 2.37. The number of carbonyl (C=O) groups is 1. The van der Waals surface area contributed by atoms with E-state index in [1.165, 1.54) is 19.2 Å². The van der Waals surface area contributed by atoms with Crippen LogP contribution in [0.3, 0.4) is 0 Å². The Hall–Kier alpha value is -1.63. The van der Waals surface area contributed by atoms with Crippen LogP contribution in [0.2, 0.25) is 0 Å². The largest absolute Gasteiger partial charge is 0.350 e. The van der Waals surface area contributed by atoms with E-state index in [0.29, 0.717) is 18.4 Å². The van der Waals surface area contributed by atoms with E-state index in [9.17, 15) is 18.4 Å². The fraction of sp³-hybridized carbons (Fsp3) is 0.615. The molecule has 7 heteroatoms. The van der Waals surface area contributed by atoms with Crippen molar-refractivity contribution < 1.29 is 18.3 Å². The lowest BCUT2D eigenvalue weighted by molar-refractivity contribution is -0.131. The lowest BCUT2D eigenvalue weighted by atomic mass is 10.0. The van der Waals surface area contributed by atoms with Crippen LogP contribution in [0.4, 0.5) is 8.78 Å². The Morgan fingerprint density at radius 2 is 2.25 bits per heavy atom. The quantitative estimate of drug-likeness (QED) is 0.788. The van der Waals surface area contributed by atoms with Crippen LogP contribution in [0.15, 0.2) is 17.1 Å². The second-order valence-electron chi connectivity index (χ2n) is 4.91. The lowest BCUT2D eigenvalue weighted by Crippen LogP contribution is -2.37. The van der Waals surface area contributed by atoms with E-state index in [-0.39, 0.29) is 0 Å². The molecule has 1 fully saturated rings. The van der Waals surface area contributed by atoms with Gasteiger partial charge < -0.3 is 9.53 Å². The van der Waals surface area contributed by atoms with E-state index >= 15 is 0 Å². The topological polar surface area (TPSA) is 61.2 Å². The standard InChI is InChI=1S/C13H16F2N2O3/c1-3-4-9-5-6-17(12(19)16-9)11-13(14,15)8(2)10(7-18)20-11/h5-8,10-11H,3-4H2,1-2H3.